The summed E-state index contributed by atoms with van der Waals surface area (Å²) < 4.78 is 10.5. The summed E-state index contributed by atoms with van der Waals surface area (Å²) in [5.74, 6) is -2.39. The molecule has 1 aliphatic rings. The predicted octanol–water partition coefficient (Wildman–Crippen LogP) is 3.58. The fraction of sp³-hybridized carbons (Fsp3) is 0.192. The Kier molecular flexibility index (Phi) is 6.98. The molecule has 3 aromatic carbocycles. The van der Waals surface area contributed by atoms with E-state index >= 15 is 0 Å². The molecule has 4 rings (SSSR count). The molecule has 9 nitrogen and oxygen atoms in total. The zero-order valence-electron chi connectivity index (χ0n) is 18.9. The maximum Gasteiger partial charge on any atom is 0.407 e. The zero-order valence-corrected chi connectivity index (χ0v) is 18.9. The number of amides is 2. The predicted molar refractivity (Wildman–Crippen MR) is 128 cm³/mol. The first kappa shape index (κ1) is 23.8. The van der Waals surface area contributed by atoms with Crippen LogP contribution in [0.25, 0.3) is 11.1 Å². The summed E-state index contributed by atoms with van der Waals surface area (Å²) >= 11 is 0. The van der Waals surface area contributed by atoms with Gasteiger partial charge in [-0.25, -0.2) is 9.59 Å². The van der Waals surface area contributed by atoms with Crippen LogP contribution in [0.1, 0.15) is 27.4 Å². The van der Waals surface area contributed by atoms with Crippen LogP contribution in [0.5, 0.6) is 5.75 Å². The molecule has 9 heteroatoms. The van der Waals surface area contributed by atoms with Gasteiger partial charge in [-0.3, -0.25) is 4.79 Å². The molecule has 0 fully saturated rings. The summed E-state index contributed by atoms with van der Waals surface area (Å²) in [5, 5.41) is 24.0. The van der Waals surface area contributed by atoms with Crippen LogP contribution < -0.4 is 10.6 Å². The zero-order chi connectivity index (χ0) is 24.9. The fourth-order valence-electron chi connectivity index (χ4n) is 4.12. The Labute approximate surface area is 201 Å². The molecule has 0 unspecified atom stereocenters. The van der Waals surface area contributed by atoms with Crippen LogP contribution in [0.2, 0.25) is 0 Å². The number of anilines is 1. The molecule has 0 aromatic heterocycles. The first-order chi connectivity index (χ1) is 16.9. The van der Waals surface area contributed by atoms with Crippen molar-refractivity contribution in [3.05, 3.63) is 83.4 Å². The first-order valence-electron chi connectivity index (χ1n) is 10.9. The summed E-state index contributed by atoms with van der Waals surface area (Å²) in [5.41, 5.74) is 4.08. The van der Waals surface area contributed by atoms with Gasteiger partial charge < -0.3 is 30.3 Å². The van der Waals surface area contributed by atoms with Gasteiger partial charge in [0.25, 0.3) is 0 Å². The molecule has 1 aliphatic carbocycles. The molecule has 4 N–H and O–H groups in total. The second kappa shape index (κ2) is 10.3. The SMILES string of the molecule is COC[C@H](NC(=O)OCC1c2ccccc2-c2ccccc21)C(=O)Nc1cc(C(=O)O)ccc1O. The molecule has 3 aromatic rings. The monoisotopic (exact) mass is 476 g/mol. The molecular weight excluding hydrogens is 452 g/mol. The second-order valence-electron chi connectivity index (χ2n) is 8.00. The lowest BCUT2D eigenvalue weighted by Crippen LogP contribution is -2.47. The van der Waals surface area contributed by atoms with Crippen LogP contribution in [0.4, 0.5) is 10.5 Å². The van der Waals surface area contributed by atoms with Crippen LogP contribution in [0, 0.1) is 0 Å². The van der Waals surface area contributed by atoms with Gasteiger partial charge >= 0.3 is 12.1 Å². The number of rotatable bonds is 8. The van der Waals surface area contributed by atoms with Crippen molar-refractivity contribution in [1.29, 1.82) is 0 Å². The molecule has 0 radical (unpaired) electrons. The summed E-state index contributed by atoms with van der Waals surface area (Å²) in [7, 11) is 1.36. The summed E-state index contributed by atoms with van der Waals surface area (Å²) in [6.45, 7) is -0.0992. The molecule has 35 heavy (non-hydrogen) atoms. The van der Waals surface area contributed by atoms with E-state index in [1.165, 1.54) is 13.2 Å². The quantitative estimate of drug-likeness (QED) is 0.365. The van der Waals surface area contributed by atoms with Gasteiger partial charge in [-0.1, -0.05) is 48.5 Å². The van der Waals surface area contributed by atoms with Crippen molar-refractivity contribution in [2.45, 2.75) is 12.0 Å². The Bertz CT molecular complexity index is 1230. The van der Waals surface area contributed by atoms with Crippen LogP contribution in [-0.4, -0.2) is 54.5 Å². The number of carboxylic acids is 1. The Morgan fingerprint density at radius 3 is 2.20 bits per heavy atom. The van der Waals surface area contributed by atoms with E-state index in [4.69, 9.17) is 14.6 Å². The van der Waals surface area contributed by atoms with E-state index in [0.29, 0.717) is 0 Å². The van der Waals surface area contributed by atoms with E-state index < -0.39 is 24.0 Å². The lowest BCUT2D eigenvalue weighted by molar-refractivity contribution is -0.119. The number of aromatic carboxylic acids is 1. The number of carbonyl (C=O) groups excluding carboxylic acids is 2. The molecule has 2 amide bonds. The fourth-order valence-corrected chi connectivity index (χ4v) is 4.12. The van der Waals surface area contributed by atoms with Gasteiger partial charge in [0.1, 0.15) is 18.4 Å². The van der Waals surface area contributed by atoms with Gasteiger partial charge in [-0.15, -0.1) is 0 Å². The molecule has 0 spiro atoms. The van der Waals surface area contributed by atoms with E-state index in [1.54, 1.807) is 0 Å². The van der Waals surface area contributed by atoms with Crippen molar-refractivity contribution in [2.75, 3.05) is 25.6 Å². The van der Waals surface area contributed by atoms with Crippen LogP contribution >= 0.6 is 0 Å². The van der Waals surface area contributed by atoms with Crippen molar-refractivity contribution in [1.82, 2.24) is 5.32 Å². The van der Waals surface area contributed by atoms with Crippen molar-refractivity contribution in [3.8, 4) is 16.9 Å². The maximum atomic E-state index is 12.7. The van der Waals surface area contributed by atoms with Gasteiger partial charge in [0.05, 0.1) is 17.9 Å². The van der Waals surface area contributed by atoms with Crippen LogP contribution in [-0.2, 0) is 14.3 Å². The number of ether oxygens (including phenoxy) is 2. The lowest BCUT2D eigenvalue weighted by atomic mass is 9.98. The molecular formula is C26H24N2O7. The number of nitrogens with one attached hydrogen (secondary N) is 2. The Morgan fingerprint density at radius 2 is 1.60 bits per heavy atom. The summed E-state index contributed by atoms with van der Waals surface area (Å²) in [6, 6.07) is 18.2. The number of methoxy groups -OCH3 is 1. The van der Waals surface area contributed by atoms with Gasteiger partial charge in [0.2, 0.25) is 5.91 Å². The number of hydrogen-bond donors (Lipinski definition) is 4. The number of aromatic hydroxyl groups is 1. The van der Waals surface area contributed by atoms with E-state index in [0.717, 1.165) is 34.4 Å². The average Bonchev–Trinajstić information content (AvgIpc) is 3.17. The number of phenolic OH excluding ortho intramolecular Hbond substituents is 1. The number of carbonyl (C=O) groups is 3. The largest absolute Gasteiger partial charge is 0.506 e. The first-order valence-corrected chi connectivity index (χ1v) is 10.9. The van der Waals surface area contributed by atoms with Gasteiger partial charge in [0.15, 0.2) is 0 Å². The van der Waals surface area contributed by atoms with E-state index in [2.05, 4.69) is 10.6 Å². The minimum atomic E-state index is -1.22. The smallest absolute Gasteiger partial charge is 0.407 e. The second-order valence-corrected chi connectivity index (χ2v) is 8.00. The van der Waals surface area contributed by atoms with Crippen molar-refractivity contribution in [2.24, 2.45) is 0 Å². The molecule has 180 valence electrons. The third-order valence-electron chi connectivity index (χ3n) is 5.79. The standard InChI is InChI=1S/C26H24N2O7/c1-34-14-22(24(30)27-21-12-15(25(31)32)10-11-23(21)29)28-26(33)35-13-20-18-8-4-2-6-16(18)17-7-3-5-9-19(17)20/h2-12,20,22,29H,13-14H2,1H3,(H,27,30)(H,28,33)(H,31,32)/t22-/m0/s1. The van der Waals surface area contributed by atoms with Gasteiger partial charge in [-0.2, -0.15) is 0 Å². The minimum absolute atomic E-state index is 0.0720. The Balaban J connectivity index is 1.42. The Morgan fingerprint density at radius 1 is 0.971 bits per heavy atom. The highest BCUT2D eigenvalue weighted by Gasteiger charge is 2.30. The summed E-state index contributed by atoms with van der Waals surface area (Å²) in [6.07, 6.45) is -0.812. The van der Waals surface area contributed by atoms with Crippen molar-refractivity contribution < 1.29 is 34.1 Å². The van der Waals surface area contributed by atoms with Crippen LogP contribution in [0.15, 0.2) is 66.7 Å². The average molecular weight is 476 g/mol. The highest BCUT2D eigenvalue weighted by Crippen LogP contribution is 2.44. The molecule has 0 aliphatic heterocycles. The maximum absolute atomic E-state index is 12.7. The molecule has 0 saturated carbocycles. The van der Waals surface area contributed by atoms with E-state index in [1.807, 2.05) is 48.5 Å². The number of phenols is 1. The number of alkyl carbamates (subject to hydrolysis) is 1. The van der Waals surface area contributed by atoms with E-state index in [-0.39, 0.29) is 36.1 Å². The highest BCUT2D eigenvalue weighted by atomic mass is 16.5. The molecule has 0 saturated heterocycles. The lowest BCUT2D eigenvalue weighted by Gasteiger charge is -2.19. The van der Waals surface area contributed by atoms with Crippen LogP contribution in [0.3, 0.4) is 0 Å². The molecule has 1 atom stereocenters. The minimum Gasteiger partial charge on any atom is -0.506 e. The summed E-state index contributed by atoms with van der Waals surface area (Å²) in [4.78, 5) is 36.5. The third kappa shape index (κ3) is 5.10. The third-order valence-corrected chi connectivity index (χ3v) is 5.79. The van der Waals surface area contributed by atoms with Crippen molar-refractivity contribution >= 4 is 23.7 Å². The number of hydrogen-bond acceptors (Lipinski definition) is 6. The van der Waals surface area contributed by atoms with Gasteiger partial charge in [-0.05, 0) is 40.5 Å². The Hall–Kier alpha value is -4.37. The van der Waals surface area contributed by atoms with Gasteiger partial charge in [0, 0.05) is 13.0 Å². The van der Waals surface area contributed by atoms with E-state index in [9.17, 15) is 19.5 Å². The number of carboxylic acid groups (broad SMARTS) is 1. The topological polar surface area (TPSA) is 134 Å². The van der Waals surface area contributed by atoms with Crippen molar-refractivity contribution in [3.63, 3.8) is 0 Å². The number of fused-ring (bicyclic) bond motifs is 3. The molecule has 0 bridgehead atoms. The normalized spacial score (nSPS) is 12.8. The molecule has 0 heterocycles. The number of benzene rings is 3. The highest BCUT2D eigenvalue weighted by molar-refractivity contribution is 5.99.